The average Bonchev–Trinajstić information content (AvgIpc) is 2.99. The number of hydrogen-bond acceptors (Lipinski definition) is 2. The topological polar surface area (TPSA) is 46.3 Å². The summed E-state index contributed by atoms with van der Waals surface area (Å²) in [5, 5.41) is 0.452. The highest BCUT2D eigenvalue weighted by atomic mass is 35.5. The summed E-state index contributed by atoms with van der Waals surface area (Å²) in [6.45, 7) is 0.753. The molecule has 4 heteroatoms. The highest BCUT2D eigenvalue weighted by Crippen LogP contribution is 2.34. The van der Waals surface area contributed by atoms with E-state index in [0.717, 1.165) is 19.4 Å². The van der Waals surface area contributed by atoms with Crippen LogP contribution >= 0.6 is 11.6 Å². The Balaban J connectivity index is 1.92. The molecule has 0 spiro atoms. The minimum atomic E-state index is -0.0429. The van der Waals surface area contributed by atoms with Crippen LogP contribution in [0.2, 0.25) is 5.02 Å². The van der Waals surface area contributed by atoms with Crippen molar-refractivity contribution in [3.05, 3.63) is 64.7 Å². The normalized spacial score (nSPS) is 18.0. The first kappa shape index (κ1) is 14.0. The summed E-state index contributed by atoms with van der Waals surface area (Å²) >= 11 is 6.16. The maximum absolute atomic E-state index is 12.8. The Morgan fingerprint density at radius 3 is 2.71 bits per heavy atom. The number of halogens is 1. The number of anilines is 1. The maximum atomic E-state index is 12.8. The van der Waals surface area contributed by atoms with Gasteiger partial charge in [0.05, 0.1) is 16.6 Å². The number of benzene rings is 2. The molecule has 0 radical (unpaired) electrons. The van der Waals surface area contributed by atoms with Crippen molar-refractivity contribution in [1.82, 2.24) is 4.90 Å². The Morgan fingerprint density at radius 1 is 1.19 bits per heavy atom. The van der Waals surface area contributed by atoms with Gasteiger partial charge in [-0.15, -0.1) is 0 Å². The largest absolute Gasteiger partial charge is 0.399 e. The minimum absolute atomic E-state index is 0.0429. The number of nitrogens with two attached hydrogens (primary N) is 1. The van der Waals surface area contributed by atoms with Crippen LogP contribution in [0.5, 0.6) is 0 Å². The molecule has 108 valence electrons. The van der Waals surface area contributed by atoms with Crippen LogP contribution in [0.1, 0.15) is 34.8 Å². The van der Waals surface area contributed by atoms with Crippen molar-refractivity contribution in [1.29, 1.82) is 0 Å². The van der Waals surface area contributed by atoms with Crippen molar-refractivity contribution in [2.45, 2.75) is 18.9 Å². The third kappa shape index (κ3) is 2.74. The summed E-state index contributed by atoms with van der Waals surface area (Å²) in [4.78, 5) is 14.7. The zero-order valence-electron chi connectivity index (χ0n) is 11.6. The fourth-order valence-corrected chi connectivity index (χ4v) is 3.09. The van der Waals surface area contributed by atoms with Gasteiger partial charge in [-0.05, 0) is 36.6 Å². The standard InChI is InChI=1S/C17H17ClN2O/c18-15-9-8-13(19)11-14(15)17(21)20-10-4-7-16(20)12-5-2-1-3-6-12/h1-3,5-6,8-9,11,16H,4,7,10,19H2. The Morgan fingerprint density at radius 2 is 1.95 bits per heavy atom. The number of rotatable bonds is 2. The molecule has 1 fully saturated rings. The van der Waals surface area contributed by atoms with E-state index in [-0.39, 0.29) is 11.9 Å². The van der Waals surface area contributed by atoms with E-state index in [1.165, 1.54) is 5.56 Å². The molecule has 3 nitrogen and oxygen atoms in total. The molecule has 1 heterocycles. The van der Waals surface area contributed by atoms with E-state index in [1.54, 1.807) is 18.2 Å². The first-order chi connectivity index (χ1) is 10.2. The van der Waals surface area contributed by atoms with E-state index in [2.05, 4.69) is 12.1 Å². The zero-order valence-corrected chi connectivity index (χ0v) is 12.4. The van der Waals surface area contributed by atoms with E-state index in [9.17, 15) is 4.79 Å². The van der Waals surface area contributed by atoms with Crippen molar-refractivity contribution in [3.8, 4) is 0 Å². The van der Waals surface area contributed by atoms with Crippen LogP contribution < -0.4 is 5.73 Å². The van der Waals surface area contributed by atoms with Gasteiger partial charge in [-0.1, -0.05) is 41.9 Å². The van der Waals surface area contributed by atoms with E-state index in [4.69, 9.17) is 17.3 Å². The van der Waals surface area contributed by atoms with Crippen molar-refractivity contribution < 1.29 is 4.79 Å². The highest BCUT2D eigenvalue weighted by Gasteiger charge is 2.31. The van der Waals surface area contributed by atoms with Crippen LogP contribution in [0.15, 0.2) is 48.5 Å². The van der Waals surface area contributed by atoms with Crippen molar-refractivity contribution in [2.75, 3.05) is 12.3 Å². The molecule has 21 heavy (non-hydrogen) atoms. The molecule has 2 aromatic rings. The summed E-state index contributed by atoms with van der Waals surface area (Å²) in [6, 6.07) is 15.3. The SMILES string of the molecule is Nc1ccc(Cl)c(C(=O)N2CCCC2c2ccccc2)c1. The molecule has 2 N–H and O–H groups in total. The molecule has 0 saturated carbocycles. The fourth-order valence-electron chi connectivity index (χ4n) is 2.89. The molecular weight excluding hydrogens is 284 g/mol. The number of likely N-dealkylation sites (tertiary alicyclic amines) is 1. The molecule has 1 unspecified atom stereocenters. The van der Waals surface area contributed by atoms with Crippen LogP contribution in [-0.4, -0.2) is 17.4 Å². The number of amides is 1. The predicted octanol–water partition coefficient (Wildman–Crippen LogP) is 3.90. The summed E-state index contributed by atoms with van der Waals surface area (Å²) < 4.78 is 0. The number of carbonyl (C=O) groups is 1. The second-order valence-electron chi connectivity index (χ2n) is 5.31. The maximum Gasteiger partial charge on any atom is 0.255 e. The van der Waals surface area contributed by atoms with E-state index in [0.29, 0.717) is 16.3 Å². The molecule has 1 aliphatic heterocycles. The van der Waals surface area contributed by atoms with Gasteiger partial charge in [0.25, 0.3) is 5.91 Å². The Bertz CT molecular complexity index is 657. The van der Waals surface area contributed by atoms with E-state index >= 15 is 0 Å². The summed E-state index contributed by atoms with van der Waals surface area (Å²) in [5.41, 5.74) is 7.99. The van der Waals surface area contributed by atoms with Gasteiger partial charge in [-0.2, -0.15) is 0 Å². The van der Waals surface area contributed by atoms with Gasteiger partial charge < -0.3 is 10.6 Å². The lowest BCUT2D eigenvalue weighted by atomic mass is 10.0. The smallest absolute Gasteiger partial charge is 0.255 e. The molecule has 0 aromatic heterocycles. The van der Waals surface area contributed by atoms with Crippen molar-refractivity contribution >= 4 is 23.2 Å². The lowest BCUT2D eigenvalue weighted by Gasteiger charge is -2.25. The van der Waals surface area contributed by atoms with Crippen LogP contribution in [0.25, 0.3) is 0 Å². The Labute approximate surface area is 129 Å². The van der Waals surface area contributed by atoms with Gasteiger partial charge in [-0.25, -0.2) is 0 Å². The number of carbonyl (C=O) groups excluding carboxylic acids is 1. The molecule has 3 rings (SSSR count). The molecule has 1 saturated heterocycles. The summed E-state index contributed by atoms with van der Waals surface area (Å²) in [5.74, 6) is -0.0429. The minimum Gasteiger partial charge on any atom is -0.399 e. The number of hydrogen-bond donors (Lipinski definition) is 1. The van der Waals surface area contributed by atoms with Crippen molar-refractivity contribution in [3.63, 3.8) is 0 Å². The quantitative estimate of drug-likeness (QED) is 0.855. The summed E-state index contributed by atoms with van der Waals surface area (Å²) in [6.07, 6.45) is 1.99. The molecule has 1 atom stereocenters. The summed E-state index contributed by atoms with van der Waals surface area (Å²) in [7, 11) is 0. The second-order valence-corrected chi connectivity index (χ2v) is 5.71. The number of nitrogens with zero attached hydrogens (tertiary/aromatic N) is 1. The molecule has 0 aliphatic carbocycles. The average molecular weight is 301 g/mol. The van der Waals surface area contributed by atoms with Crippen molar-refractivity contribution in [2.24, 2.45) is 0 Å². The molecule has 1 amide bonds. The lowest BCUT2D eigenvalue weighted by molar-refractivity contribution is 0.0736. The third-order valence-electron chi connectivity index (χ3n) is 3.92. The Hall–Kier alpha value is -2.00. The predicted molar refractivity (Wildman–Crippen MR) is 85.3 cm³/mol. The molecular formula is C17H17ClN2O. The van der Waals surface area contributed by atoms with Gasteiger partial charge in [0.2, 0.25) is 0 Å². The van der Waals surface area contributed by atoms with Crippen LogP contribution in [0.4, 0.5) is 5.69 Å². The monoisotopic (exact) mass is 300 g/mol. The number of nitrogen functional groups attached to an aromatic ring is 1. The lowest BCUT2D eigenvalue weighted by Crippen LogP contribution is -2.30. The second kappa shape index (κ2) is 5.78. The fraction of sp³-hybridized carbons (Fsp3) is 0.235. The van der Waals surface area contributed by atoms with Gasteiger partial charge >= 0.3 is 0 Å². The molecule has 0 bridgehead atoms. The van der Waals surface area contributed by atoms with E-state index < -0.39 is 0 Å². The molecule has 2 aromatic carbocycles. The third-order valence-corrected chi connectivity index (χ3v) is 4.25. The van der Waals surface area contributed by atoms with Crippen LogP contribution in [-0.2, 0) is 0 Å². The first-order valence-corrected chi connectivity index (χ1v) is 7.45. The highest BCUT2D eigenvalue weighted by molar-refractivity contribution is 6.34. The van der Waals surface area contributed by atoms with Crippen LogP contribution in [0, 0.1) is 0 Å². The first-order valence-electron chi connectivity index (χ1n) is 7.08. The van der Waals surface area contributed by atoms with Gasteiger partial charge in [0.1, 0.15) is 0 Å². The Kier molecular flexibility index (Phi) is 3.84. The van der Waals surface area contributed by atoms with Crippen LogP contribution in [0.3, 0.4) is 0 Å². The molecule has 1 aliphatic rings. The van der Waals surface area contributed by atoms with Gasteiger partial charge in [-0.3, -0.25) is 4.79 Å². The van der Waals surface area contributed by atoms with E-state index in [1.807, 2.05) is 23.1 Å². The van der Waals surface area contributed by atoms with Gasteiger partial charge in [0.15, 0.2) is 0 Å². The van der Waals surface area contributed by atoms with Gasteiger partial charge in [0, 0.05) is 12.2 Å². The zero-order chi connectivity index (χ0) is 14.8.